The van der Waals surface area contributed by atoms with E-state index in [9.17, 15) is 9.59 Å². The molecule has 5 nitrogen and oxygen atoms in total. The van der Waals surface area contributed by atoms with Gasteiger partial charge in [-0.25, -0.2) is 0 Å². The molecule has 2 amide bonds. The number of benzene rings is 2. The number of nitrogens with zero attached hydrogens (tertiary/aromatic N) is 2. The minimum absolute atomic E-state index is 0.0971. The van der Waals surface area contributed by atoms with E-state index in [0.29, 0.717) is 11.6 Å². The summed E-state index contributed by atoms with van der Waals surface area (Å²) in [4.78, 5) is 29.4. The molecule has 1 saturated heterocycles. The lowest BCUT2D eigenvalue weighted by atomic mass is 9.94. The van der Waals surface area contributed by atoms with Crippen molar-refractivity contribution in [3.8, 4) is 11.1 Å². The molecule has 5 heteroatoms. The van der Waals surface area contributed by atoms with Gasteiger partial charge in [0.05, 0.1) is 0 Å². The van der Waals surface area contributed by atoms with E-state index in [1.165, 1.54) is 12.8 Å². The van der Waals surface area contributed by atoms with Crippen LogP contribution in [0.1, 0.15) is 46.0 Å². The fraction of sp³-hybridized carbons (Fsp3) is 0.417. The van der Waals surface area contributed by atoms with E-state index in [0.717, 1.165) is 54.9 Å². The van der Waals surface area contributed by atoms with Gasteiger partial charge < -0.3 is 10.2 Å². The number of hydrogen-bond donors (Lipinski definition) is 1. The highest BCUT2D eigenvalue weighted by Gasteiger charge is 2.26. The molecule has 2 aliphatic heterocycles. The number of hydrogen-bond acceptors (Lipinski definition) is 3. The molecule has 2 aromatic carbocycles. The summed E-state index contributed by atoms with van der Waals surface area (Å²) in [6, 6.07) is 14.3. The summed E-state index contributed by atoms with van der Waals surface area (Å²) in [6.45, 7) is 5.99. The SMILES string of the molecule is CNC(=O)c1ccc(-c2ccc3c(c2)C(=O)N(CCN2CCC[C@H]2C)CC3)cc1. The third-order valence-electron chi connectivity index (χ3n) is 6.33. The lowest BCUT2D eigenvalue weighted by Crippen LogP contribution is -2.43. The first-order valence-corrected chi connectivity index (χ1v) is 10.6. The fourth-order valence-electron chi connectivity index (χ4n) is 4.45. The van der Waals surface area contributed by atoms with Gasteiger partial charge in [0.2, 0.25) is 0 Å². The average Bonchev–Trinajstić information content (AvgIpc) is 3.17. The normalized spacial score (nSPS) is 19.3. The molecule has 2 aliphatic rings. The van der Waals surface area contributed by atoms with Gasteiger partial charge in [-0.05, 0) is 67.6 Å². The summed E-state index contributed by atoms with van der Waals surface area (Å²) >= 11 is 0. The quantitative estimate of drug-likeness (QED) is 0.852. The molecule has 2 aromatic rings. The number of fused-ring (bicyclic) bond motifs is 1. The van der Waals surface area contributed by atoms with Crippen LogP contribution in [0.2, 0.25) is 0 Å². The first-order chi connectivity index (χ1) is 14.1. The largest absolute Gasteiger partial charge is 0.355 e. The summed E-state index contributed by atoms with van der Waals surface area (Å²) in [6.07, 6.45) is 3.44. The molecule has 1 atom stereocenters. The van der Waals surface area contributed by atoms with Crippen molar-refractivity contribution in [1.82, 2.24) is 15.1 Å². The van der Waals surface area contributed by atoms with Crippen LogP contribution in [0.25, 0.3) is 11.1 Å². The molecular formula is C24H29N3O2. The van der Waals surface area contributed by atoms with Crippen molar-refractivity contribution in [2.45, 2.75) is 32.2 Å². The van der Waals surface area contributed by atoms with E-state index in [-0.39, 0.29) is 11.8 Å². The van der Waals surface area contributed by atoms with Gasteiger partial charge in [0.1, 0.15) is 0 Å². The second-order valence-electron chi connectivity index (χ2n) is 8.10. The van der Waals surface area contributed by atoms with Gasteiger partial charge in [-0.1, -0.05) is 24.3 Å². The van der Waals surface area contributed by atoms with Gasteiger partial charge >= 0.3 is 0 Å². The first kappa shape index (κ1) is 19.6. The van der Waals surface area contributed by atoms with Crippen molar-refractivity contribution in [3.63, 3.8) is 0 Å². The van der Waals surface area contributed by atoms with Crippen molar-refractivity contribution >= 4 is 11.8 Å². The Bertz CT molecular complexity index is 907. The summed E-state index contributed by atoms with van der Waals surface area (Å²) in [5.41, 5.74) is 4.60. The van der Waals surface area contributed by atoms with Crippen LogP contribution in [0.15, 0.2) is 42.5 Å². The zero-order valence-corrected chi connectivity index (χ0v) is 17.3. The highest BCUT2D eigenvalue weighted by atomic mass is 16.2. The molecule has 152 valence electrons. The lowest BCUT2D eigenvalue weighted by Gasteiger charge is -2.31. The van der Waals surface area contributed by atoms with Crippen LogP contribution in [0.5, 0.6) is 0 Å². The molecule has 0 unspecified atom stereocenters. The van der Waals surface area contributed by atoms with E-state index < -0.39 is 0 Å². The Morgan fingerprint density at radius 1 is 1.07 bits per heavy atom. The highest BCUT2D eigenvalue weighted by molar-refractivity contribution is 5.98. The Hall–Kier alpha value is -2.66. The van der Waals surface area contributed by atoms with Crippen LogP contribution < -0.4 is 5.32 Å². The number of carbonyl (C=O) groups is 2. The van der Waals surface area contributed by atoms with E-state index in [1.54, 1.807) is 7.05 Å². The monoisotopic (exact) mass is 391 g/mol. The molecule has 4 rings (SSSR count). The Kier molecular flexibility index (Phi) is 5.67. The van der Waals surface area contributed by atoms with Gasteiger partial charge in [-0.3, -0.25) is 14.5 Å². The van der Waals surface area contributed by atoms with Crippen molar-refractivity contribution in [2.75, 3.05) is 33.2 Å². The lowest BCUT2D eigenvalue weighted by molar-refractivity contribution is 0.0716. The number of carbonyl (C=O) groups excluding carboxylic acids is 2. The topological polar surface area (TPSA) is 52.7 Å². The smallest absolute Gasteiger partial charge is 0.254 e. The molecular weight excluding hydrogens is 362 g/mol. The Balaban J connectivity index is 1.50. The van der Waals surface area contributed by atoms with Gasteiger partial charge in [-0.2, -0.15) is 0 Å². The minimum atomic E-state index is -0.0971. The number of likely N-dealkylation sites (tertiary alicyclic amines) is 1. The second kappa shape index (κ2) is 8.37. The van der Waals surface area contributed by atoms with Crippen molar-refractivity contribution in [2.24, 2.45) is 0 Å². The number of amides is 2. The van der Waals surface area contributed by atoms with Crippen LogP contribution in [0.3, 0.4) is 0 Å². The van der Waals surface area contributed by atoms with Gasteiger partial charge in [-0.15, -0.1) is 0 Å². The first-order valence-electron chi connectivity index (χ1n) is 10.6. The van der Waals surface area contributed by atoms with Crippen LogP contribution in [-0.2, 0) is 6.42 Å². The Morgan fingerprint density at radius 2 is 1.83 bits per heavy atom. The molecule has 1 N–H and O–H groups in total. The second-order valence-corrected chi connectivity index (χ2v) is 8.10. The maximum absolute atomic E-state index is 13.1. The third-order valence-corrected chi connectivity index (χ3v) is 6.33. The van der Waals surface area contributed by atoms with Crippen LogP contribution in [0, 0.1) is 0 Å². The molecule has 0 radical (unpaired) electrons. The van der Waals surface area contributed by atoms with Crippen LogP contribution >= 0.6 is 0 Å². The molecule has 0 aliphatic carbocycles. The number of rotatable bonds is 5. The van der Waals surface area contributed by atoms with Gasteiger partial charge in [0.25, 0.3) is 11.8 Å². The molecule has 0 saturated carbocycles. The minimum Gasteiger partial charge on any atom is -0.355 e. The third kappa shape index (κ3) is 4.06. The van der Waals surface area contributed by atoms with E-state index in [1.807, 2.05) is 35.2 Å². The van der Waals surface area contributed by atoms with Crippen LogP contribution in [0.4, 0.5) is 0 Å². The molecule has 0 aromatic heterocycles. The summed E-state index contributed by atoms with van der Waals surface area (Å²) in [5, 5.41) is 2.63. The summed E-state index contributed by atoms with van der Waals surface area (Å²) in [7, 11) is 1.63. The van der Waals surface area contributed by atoms with E-state index in [2.05, 4.69) is 29.3 Å². The zero-order valence-electron chi connectivity index (χ0n) is 17.3. The predicted molar refractivity (Wildman–Crippen MR) is 115 cm³/mol. The van der Waals surface area contributed by atoms with E-state index >= 15 is 0 Å². The van der Waals surface area contributed by atoms with Crippen molar-refractivity contribution in [1.29, 1.82) is 0 Å². The maximum Gasteiger partial charge on any atom is 0.254 e. The zero-order chi connectivity index (χ0) is 20.4. The summed E-state index contributed by atoms with van der Waals surface area (Å²) in [5.74, 6) is 0.0436. The summed E-state index contributed by atoms with van der Waals surface area (Å²) < 4.78 is 0. The molecule has 0 bridgehead atoms. The molecule has 2 heterocycles. The predicted octanol–water partition coefficient (Wildman–Crippen LogP) is 3.20. The Morgan fingerprint density at radius 3 is 2.52 bits per heavy atom. The maximum atomic E-state index is 13.1. The Labute approximate surface area is 172 Å². The van der Waals surface area contributed by atoms with Gasteiger partial charge in [0.15, 0.2) is 0 Å². The standard InChI is InChI=1S/C24H29N3O2/c1-17-4-3-12-26(17)14-15-27-13-11-19-7-10-21(16-22(19)24(27)29)18-5-8-20(9-6-18)23(28)25-2/h5-10,16-17H,3-4,11-15H2,1-2H3,(H,25,28)/t17-/m1/s1. The van der Waals surface area contributed by atoms with Crippen LogP contribution in [-0.4, -0.2) is 60.9 Å². The van der Waals surface area contributed by atoms with Gasteiger partial charge in [0, 0.05) is 43.9 Å². The van der Waals surface area contributed by atoms with Crippen molar-refractivity contribution < 1.29 is 9.59 Å². The van der Waals surface area contributed by atoms with E-state index in [4.69, 9.17) is 0 Å². The molecule has 29 heavy (non-hydrogen) atoms. The van der Waals surface area contributed by atoms with Crippen molar-refractivity contribution in [3.05, 3.63) is 59.2 Å². The molecule has 1 fully saturated rings. The highest BCUT2D eigenvalue weighted by Crippen LogP contribution is 2.27. The fourth-order valence-corrected chi connectivity index (χ4v) is 4.45. The average molecular weight is 392 g/mol. The number of nitrogens with one attached hydrogen (secondary N) is 1. The molecule has 0 spiro atoms.